The lowest BCUT2D eigenvalue weighted by Gasteiger charge is -1.82. The number of rotatable bonds is 2. The Kier molecular flexibility index (Phi) is 3.76. The van der Waals surface area contributed by atoms with E-state index < -0.39 is 0 Å². The normalized spacial score (nSPS) is 12.5. The zero-order valence-corrected chi connectivity index (χ0v) is 5.26. The smallest absolute Gasteiger partial charge is 0.0550 e. The van der Waals surface area contributed by atoms with Crippen molar-refractivity contribution in [3.63, 3.8) is 0 Å². The van der Waals surface area contributed by atoms with Gasteiger partial charge in [-0.25, -0.2) is 0 Å². The van der Waals surface area contributed by atoms with Gasteiger partial charge >= 0.3 is 0 Å². The highest BCUT2D eigenvalue weighted by molar-refractivity contribution is 5.55. The summed E-state index contributed by atoms with van der Waals surface area (Å²) in [5.74, 6) is 0. The summed E-state index contributed by atoms with van der Waals surface area (Å²) in [7, 11) is 0. The van der Waals surface area contributed by atoms with Crippen LogP contribution in [0, 0.1) is 0 Å². The fourth-order valence-electron chi connectivity index (χ4n) is 0.369. The van der Waals surface area contributed by atoms with E-state index in [4.69, 9.17) is 0 Å². The largest absolute Gasteiger partial charge is 0.271 e. The third kappa shape index (κ3) is 3.28. The first-order valence-electron chi connectivity index (χ1n) is 2.42. The first-order chi connectivity index (χ1) is 3.81. The van der Waals surface area contributed by atoms with Crippen LogP contribution in [0.5, 0.6) is 0 Å². The Balaban J connectivity index is 3.79. The van der Waals surface area contributed by atoms with Crippen LogP contribution >= 0.6 is 0 Å². The highest BCUT2D eigenvalue weighted by Gasteiger charge is 1.73. The number of aliphatic imine (C=N–C) groups is 2. The van der Waals surface area contributed by atoms with E-state index in [1.807, 2.05) is 13.8 Å². The zero-order chi connectivity index (χ0) is 6.41. The molecule has 0 N–H and O–H groups in total. The first kappa shape index (κ1) is 7.08. The maximum Gasteiger partial charge on any atom is 0.0550 e. The molecule has 0 aromatic heterocycles. The van der Waals surface area contributed by atoms with Crippen molar-refractivity contribution in [3.05, 3.63) is 11.9 Å². The molecule has 0 unspecified atom stereocenters. The van der Waals surface area contributed by atoms with E-state index in [1.54, 1.807) is 12.4 Å². The lowest BCUT2D eigenvalue weighted by molar-refractivity contribution is 1.28. The van der Waals surface area contributed by atoms with Gasteiger partial charge in [0.25, 0.3) is 0 Å². The highest BCUT2D eigenvalue weighted by Crippen LogP contribution is 1.90. The van der Waals surface area contributed by atoms with Crippen LogP contribution in [0.2, 0.25) is 0 Å². The molecule has 0 aromatic carbocycles. The second kappa shape index (κ2) is 4.24. The number of hydrogen-bond donors (Lipinski definition) is 0. The molecule has 0 radical (unpaired) electrons. The average Bonchev–Trinajstić information content (AvgIpc) is 1.68. The minimum absolute atomic E-state index is 0.877. The lowest BCUT2D eigenvalue weighted by atomic mass is 10.5. The Bertz CT molecular complexity index is 122. The predicted octanol–water partition coefficient (Wildman–Crippen LogP) is 1.64. The van der Waals surface area contributed by atoms with Crippen molar-refractivity contribution in [1.82, 2.24) is 0 Å². The van der Waals surface area contributed by atoms with Gasteiger partial charge in [-0.2, -0.15) is 0 Å². The Labute approximate surface area is 49.7 Å². The minimum Gasteiger partial charge on any atom is -0.271 e. The molecule has 0 aliphatic carbocycles. The van der Waals surface area contributed by atoms with Crippen molar-refractivity contribution in [1.29, 1.82) is 0 Å². The lowest BCUT2D eigenvalue weighted by Crippen LogP contribution is -1.65. The zero-order valence-electron chi connectivity index (χ0n) is 5.26. The monoisotopic (exact) mass is 110 g/mol. The maximum atomic E-state index is 3.92. The summed E-state index contributed by atoms with van der Waals surface area (Å²) in [5.41, 5.74) is 0.877. The Morgan fingerprint density at radius 2 is 2.25 bits per heavy atom. The molecule has 0 fully saturated rings. The van der Waals surface area contributed by atoms with Crippen LogP contribution in [0.25, 0.3) is 0 Å². The fraction of sp³-hybridized carbons (Fsp3) is 0.333. The van der Waals surface area contributed by atoms with Gasteiger partial charge in [-0.1, -0.05) is 0 Å². The van der Waals surface area contributed by atoms with Gasteiger partial charge in [-0.3, -0.25) is 9.98 Å². The molecule has 0 rings (SSSR count). The molecule has 0 aliphatic rings. The van der Waals surface area contributed by atoms with E-state index in [0.717, 1.165) is 5.70 Å². The Hall–Kier alpha value is -0.920. The summed E-state index contributed by atoms with van der Waals surface area (Å²) in [5, 5.41) is 0. The van der Waals surface area contributed by atoms with Crippen molar-refractivity contribution in [3.8, 4) is 0 Å². The summed E-state index contributed by atoms with van der Waals surface area (Å²) >= 11 is 0. The molecule has 0 atom stereocenters. The van der Waals surface area contributed by atoms with Gasteiger partial charge in [-0.15, -0.1) is 0 Å². The van der Waals surface area contributed by atoms with Gasteiger partial charge < -0.3 is 0 Å². The van der Waals surface area contributed by atoms with Crippen LogP contribution in [0.15, 0.2) is 21.9 Å². The quantitative estimate of drug-likeness (QED) is 0.483. The third-order valence-corrected chi connectivity index (χ3v) is 0.611. The maximum absolute atomic E-state index is 3.92. The number of allylic oxidation sites excluding steroid dienone is 1. The standard InChI is InChI=1S/C6H10N2/c1-4-8-6(2)5-7-3/h4-5H,3H2,1-2H3/b6-5+,8-4?. The molecule has 0 bridgehead atoms. The molecule has 0 heterocycles. The van der Waals surface area contributed by atoms with E-state index >= 15 is 0 Å². The van der Waals surface area contributed by atoms with Crippen LogP contribution in [0.4, 0.5) is 0 Å². The second-order valence-corrected chi connectivity index (χ2v) is 1.34. The van der Waals surface area contributed by atoms with E-state index in [0.29, 0.717) is 0 Å². The highest BCUT2D eigenvalue weighted by atomic mass is 14.8. The van der Waals surface area contributed by atoms with Crippen LogP contribution in [0.3, 0.4) is 0 Å². The van der Waals surface area contributed by atoms with Crippen molar-refractivity contribution in [2.45, 2.75) is 13.8 Å². The molecule has 2 heteroatoms. The Morgan fingerprint density at radius 1 is 1.62 bits per heavy atom. The second-order valence-electron chi connectivity index (χ2n) is 1.34. The molecule has 0 aliphatic heterocycles. The van der Waals surface area contributed by atoms with Crippen LogP contribution in [0.1, 0.15) is 13.8 Å². The first-order valence-corrected chi connectivity index (χ1v) is 2.42. The molecule has 0 amide bonds. The van der Waals surface area contributed by atoms with Gasteiger partial charge in [0.15, 0.2) is 0 Å². The fourth-order valence-corrected chi connectivity index (χ4v) is 0.369. The molecular formula is C6H10N2. The van der Waals surface area contributed by atoms with Gasteiger partial charge in [0.05, 0.1) is 5.70 Å². The molecule has 0 spiro atoms. The van der Waals surface area contributed by atoms with Crippen LogP contribution < -0.4 is 0 Å². The van der Waals surface area contributed by atoms with E-state index in [2.05, 4.69) is 16.7 Å². The number of hydrogen-bond acceptors (Lipinski definition) is 2. The van der Waals surface area contributed by atoms with Crippen LogP contribution in [-0.2, 0) is 0 Å². The molecule has 0 saturated carbocycles. The van der Waals surface area contributed by atoms with E-state index in [-0.39, 0.29) is 0 Å². The summed E-state index contributed by atoms with van der Waals surface area (Å²) < 4.78 is 0. The average molecular weight is 110 g/mol. The summed E-state index contributed by atoms with van der Waals surface area (Å²) in [6, 6.07) is 0. The van der Waals surface area contributed by atoms with Gasteiger partial charge in [0.2, 0.25) is 0 Å². The topological polar surface area (TPSA) is 24.7 Å². The Morgan fingerprint density at radius 3 is 2.62 bits per heavy atom. The summed E-state index contributed by atoms with van der Waals surface area (Å²) in [6.07, 6.45) is 3.33. The predicted molar refractivity (Wildman–Crippen MR) is 37.5 cm³/mol. The molecule has 0 aromatic rings. The third-order valence-electron chi connectivity index (χ3n) is 0.611. The van der Waals surface area contributed by atoms with Crippen molar-refractivity contribution in [2.24, 2.45) is 9.98 Å². The van der Waals surface area contributed by atoms with E-state index in [9.17, 15) is 0 Å². The summed E-state index contributed by atoms with van der Waals surface area (Å²) in [4.78, 5) is 7.45. The SMILES string of the molecule is C=N/C=C(\C)N=CC. The molecule has 44 valence electrons. The minimum atomic E-state index is 0.877. The molecular weight excluding hydrogens is 100 g/mol. The van der Waals surface area contributed by atoms with Crippen molar-refractivity contribution >= 4 is 12.9 Å². The summed E-state index contributed by atoms with van der Waals surface area (Å²) in [6.45, 7) is 7.01. The molecule has 2 nitrogen and oxygen atoms in total. The van der Waals surface area contributed by atoms with Gasteiger partial charge in [0.1, 0.15) is 0 Å². The van der Waals surface area contributed by atoms with Crippen molar-refractivity contribution < 1.29 is 0 Å². The number of nitrogens with zero attached hydrogens (tertiary/aromatic N) is 2. The van der Waals surface area contributed by atoms with Crippen molar-refractivity contribution in [2.75, 3.05) is 0 Å². The van der Waals surface area contributed by atoms with Gasteiger partial charge in [0, 0.05) is 12.4 Å². The van der Waals surface area contributed by atoms with Crippen LogP contribution in [-0.4, -0.2) is 12.9 Å². The molecule has 8 heavy (non-hydrogen) atoms. The van der Waals surface area contributed by atoms with Gasteiger partial charge in [-0.05, 0) is 20.6 Å². The molecule has 0 saturated heterocycles. The van der Waals surface area contributed by atoms with E-state index in [1.165, 1.54) is 0 Å².